The van der Waals surface area contributed by atoms with E-state index >= 15 is 0 Å². The lowest BCUT2D eigenvalue weighted by Crippen LogP contribution is -2.07. The number of fused-ring (bicyclic) bond motifs is 1. The summed E-state index contributed by atoms with van der Waals surface area (Å²) in [6.45, 7) is 2.77. The van der Waals surface area contributed by atoms with Crippen molar-refractivity contribution in [1.82, 2.24) is 19.5 Å². The largest absolute Gasteiger partial charge is 0.476 e. The maximum absolute atomic E-state index is 8.65. The topological polar surface area (TPSA) is 108 Å². The lowest BCUT2D eigenvalue weighted by molar-refractivity contribution is 0.0499. The number of ether oxygens (including phenoxy) is 2. The van der Waals surface area contributed by atoms with Crippen LogP contribution in [-0.2, 0) is 11.5 Å². The minimum absolute atomic E-state index is 0.0338. The summed E-state index contributed by atoms with van der Waals surface area (Å²) in [7, 11) is 0. The van der Waals surface area contributed by atoms with Crippen molar-refractivity contribution in [3.8, 4) is 5.88 Å². The highest BCUT2D eigenvalue weighted by Crippen LogP contribution is 2.21. The molecule has 18 heavy (non-hydrogen) atoms. The molecule has 3 N–H and O–H groups in total. The molecule has 0 atom stereocenters. The Balaban J connectivity index is 2.33. The highest BCUT2D eigenvalue weighted by molar-refractivity contribution is 5.77. The van der Waals surface area contributed by atoms with Gasteiger partial charge < -0.3 is 20.3 Å². The molecular weight excluding hydrogens is 238 g/mol. The van der Waals surface area contributed by atoms with Gasteiger partial charge in [0.1, 0.15) is 6.73 Å². The quantitative estimate of drug-likeness (QED) is 0.684. The van der Waals surface area contributed by atoms with Gasteiger partial charge in [0.25, 0.3) is 0 Å². The first-order chi connectivity index (χ1) is 8.76. The first kappa shape index (κ1) is 12.5. The Morgan fingerprint density at radius 3 is 3.00 bits per heavy atom. The van der Waals surface area contributed by atoms with Crippen molar-refractivity contribution in [1.29, 1.82) is 0 Å². The van der Waals surface area contributed by atoms with E-state index in [1.165, 1.54) is 0 Å². The average Bonchev–Trinajstić information content (AvgIpc) is 2.73. The van der Waals surface area contributed by atoms with E-state index in [-0.39, 0.29) is 25.9 Å². The molecule has 2 aromatic heterocycles. The van der Waals surface area contributed by atoms with E-state index in [0.29, 0.717) is 23.7 Å². The van der Waals surface area contributed by atoms with Gasteiger partial charge in [0.2, 0.25) is 11.8 Å². The Bertz CT molecular complexity index is 527. The van der Waals surface area contributed by atoms with E-state index in [0.717, 1.165) is 0 Å². The van der Waals surface area contributed by atoms with Crippen molar-refractivity contribution in [2.75, 3.05) is 25.6 Å². The van der Waals surface area contributed by atoms with Crippen LogP contribution in [0.1, 0.15) is 6.92 Å². The third-order valence-electron chi connectivity index (χ3n) is 2.20. The molecule has 98 valence electrons. The standard InChI is InChI=1S/C10H15N5O3/c1-2-18-9-7-8(13-10(11)14-9)15(5-12-7)6-17-4-3-16/h5,16H,2-4,6H2,1H3,(H2,11,13,14). The lowest BCUT2D eigenvalue weighted by Gasteiger charge is -2.06. The normalized spacial score (nSPS) is 11.0. The number of anilines is 1. The third-order valence-corrected chi connectivity index (χ3v) is 2.20. The van der Waals surface area contributed by atoms with Crippen molar-refractivity contribution < 1.29 is 14.6 Å². The number of aromatic nitrogens is 4. The van der Waals surface area contributed by atoms with E-state index in [4.69, 9.17) is 20.3 Å². The molecule has 0 unspecified atom stereocenters. The highest BCUT2D eigenvalue weighted by Gasteiger charge is 2.12. The summed E-state index contributed by atoms with van der Waals surface area (Å²) in [5.41, 5.74) is 6.70. The Labute approximate surface area is 103 Å². The predicted molar refractivity (Wildman–Crippen MR) is 63.9 cm³/mol. The average molecular weight is 253 g/mol. The van der Waals surface area contributed by atoms with Gasteiger partial charge in [0, 0.05) is 0 Å². The summed E-state index contributed by atoms with van der Waals surface area (Å²) in [5.74, 6) is 0.482. The smallest absolute Gasteiger partial charge is 0.247 e. The van der Waals surface area contributed by atoms with Crippen LogP contribution in [0.3, 0.4) is 0 Å². The van der Waals surface area contributed by atoms with Crippen LogP contribution in [0.25, 0.3) is 11.2 Å². The van der Waals surface area contributed by atoms with Gasteiger partial charge in [-0.3, -0.25) is 4.57 Å². The number of aliphatic hydroxyl groups is 1. The van der Waals surface area contributed by atoms with Crippen LogP contribution < -0.4 is 10.5 Å². The van der Waals surface area contributed by atoms with Gasteiger partial charge in [-0.25, -0.2) is 4.98 Å². The SMILES string of the molecule is CCOc1nc(N)nc2c1ncn2COCCO. The first-order valence-corrected chi connectivity index (χ1v) is 5.56. The van der Waals surface area contributed by atoms with Crippen molar-refractivity contribution in [3.63, 3.8) is 0 Å². The molecule has 8 heteroatoms. The Morgan fingerprint density at radius 2 is 2.28 bits per heavy atom. The molecule has 0 saturated heterocycles. The summed E-state index contributed by atoms with van der Waals surface area (Å²) in [5, 5.41) is 8.65. The Kier molecular flexibility index (Phi) is 3.90. The Hall–Kier alpha value is -1.93. The fourth-order valence-electron chi connectivity index (χ4n) is 1.49. The molecule has 0 aliphatic rings. The lowest BCUT2D eigenvalue weighted by atomic mass is 10.5. The molecule has 0 radical (unpaired) electrons. The van der Waals surface area contributed by atoms with Gasteiger partial charge in [-0.05, 0) is 6.92 Å². The molecule has 0 spiro atoms. The molecule has 2 heterocycles. The maximum Gasteiger partial charge on any atom is 0.247 e. The summed E-state index contributed by atoms with van der Waals surface area (Å²) >= 11 is 0. The molecule has 8 nitrogen and oxygen atoms in total. The number of nitrogens with two attached hydrogens (primary N) is 1. The van der Waals surface area contributed by atoms with Crippen LogP contribution in [-0.4, -0.2) is 44.4 Å². The number of rotatable bonds is 6. The fourth-order valence-corrected chi connectivity index (χ4v) is 1.49. The summed E-state index contributed by atoms with van der Waals surface area (Å²) in [4.78, 5) is 12.3. The molecule has 0 aliphatic heterocycles. The number of hydrogen-bond donors (Lipinski definition) is 2. The van der Waals surface area contributed by atoms with Crippen molar-refractivity contribution >= 4 is 17.1 Å². The number of hydrogen-bond acceptors (Lipinski definition) is 7. The van der Waals surface area contributed by atoms with E-state index in [1.807, 2.05) is 6.92 Å². The number of aliphatic hydroxyl groups excluding tert-OH is 1. The molecule has 2 rings (SSSR count). The number of nitrogen functional groups attached to an aromatic ring is 1. The first-order valence-electron chi connectivity index (χ1n) is 5.56. The number of nitrogens with zero attached hydrogens (tertiary/aromatic N) is 4. The van der Waals surface area contributed by atoms with Gasteiger partial charge in [0.05, 0.1) is 26.1 Å². The molecule has 0 fully saturated rings. The van der Waals surface area contributed by atoms with Crippen molar-refractivity contribution in [2.24, 2.45) is 0 Å². The molecule has 0 amide bonds. The summed E-state index contributed by atoms with van der Waals surface area (Å²) in [6.07, 6.45) is 1.57. The van der Waals surface area contributed by atoms with E-state index in [2.05, 4.69) is 15.0 Å². The van der Waals surface area contributed by atoms with E-state index in [9.17, 15) is 0 Å². The molecule has 2 aromatic rings. The molecular formula is C10H15N5O3. The van der Waals surface area contributed by atoms with Crippen LogP contribution >= 0.6 is 0 Å². The molecule has 0 aliphatic carbocycles. The second-order valence-corrected chi connectivity index (χ2v) is 3.47. The zero-order valence-electron chi connectivity index (χ0n) is 10.0. The second kappa shape index (κ2) is 5.61. The van der Waals surface area contributed by atoms with Gasteiger partial charge in [-0.1, -0.05) is 0 Å². The van der Waals surface area contributed by atoms with Crippen LogP contribution in [0.5, 0.6) is 5.88 Å². The number of imidazole rings is 1. The van der Waals surface area contributed by atoms with Crippen LogP contribution in [0, 0.1) is 0 Å². The highest BCUT2D eigenvalue weighted by atomic mass is 16.5. The Morgan fingerprint density at radius 1 is 1.44 bits per heavy atom. The van der Waals surface area contributed by atoms with Gasteiger partial charge in [-0.15, -0.1) is 0 Å². The molecule has 0 aromatic carbocycles. The van der Waals surface area contributed by atoms with E-state index < -0.39 is 0 Å². The zero-order valence-corrected chi connectivity index (χ0v) is 10.0. The minimum atomic E-state index is -0.0338. The molecule has 0 bridgehead atoms. The van der Waals surface area contributed by atoms with Gasteiger partial charge in [-0.2, -0.15) is 9.97 Å². The fraction of sp³-hybridized carbons (Fsp3) is 0.500. The third kappa shape index (κ3) is 2.49. The summed E-state index contributed by atoms with van der Waals surface area (Å²) < 4.78 is 12.2. The molecule has 0 saturated carbocycles. The minimum Gasteiger partial charge on any atom is -0.476 e. The van der Waals surface area contributed by atoms with Crippen molar-refractivity contribution in [2.45, 2.75) is 13.7 Å². The predicted octanol–water partition coefficient (Wildman–Crippen LogP) is -0.226. The zero-order chi connectivity index (χ0) is 13.0. The summed E-state index contributed by atoms with van der Waals surface area (Å²) in [6, 6.07) is 0. The van der Waals surface area contributed by atoms with Crippen LogP contribution in [0.2, 0.25) is 0 Å². The van der Waals surface area contributed by atoms with Crippen LogP contribution in [0.4, 0.5) is 5.95 Å². The monoisotopic (exact) mass is 253 g/mol. The van der Waals surface area contributed by atoms with Crippen molar-refractivity contribution in [3.05, 3.63) is 6.33 Å². The second-order valence-electron chi connectivity index (χ2n) is 3.47. The van der Waals surface area contributed by atoms with Crippen LogP contribution in [0.15, 0.2) is 6.33 Å². The van der Waals surface area contributed by atoms with Gasteiger partial charge in [0.15, 0.2) is 11.2 Å². The maximum atomic E-state index is 8.65. The van der Waals surface area contributed by atoms with Gasteiger partial charge >= 0.3 is 0 Å². The van der Waals surface area contributed by atoms with E-state index in [1.54, 1.807) is 10.9 Å².